The van der Waals surface area contributed by atoms with Crippen molar-refractivity contribution in [3.05, 3.63) is 54.1 Å². The minimum Gasteiger partial charge on any atom is -0.325 e. The summed E-state index contributed by atoms with van der Waals surface area (Å²) in [6.07, 6.45) is 0. The standard InChI is InChI=1S/C20H26N2O3S2/c1-20(2,3)15-9-11-17(12-10-15)26-14-19(23)21-16-7-6-8-18(13-16)27(24,25)22(4)5/h6-13H,14H2,1-5H3,(H,21,23). The molecule has 5 nitrogen and oxygen atoms in total. The number of anilines is 1. The van der Waals surface area contributed by atoms with Gasteiger partial charge < -0.3 is 5.32 Å². The number of rotatable bonds is 6. The number of sulfonamides is 1. The summed E-state index contributed by atoms with van der Waals surface area (Å²) >= 11 is 1.44. The molecule has 0 fully saturated rings. The maximum atomic E-state index is 12.2. The number of thioether (sulfide) groups is 1. The lowest BCUT2D eigenvalue weighted by molar-refractivity contribution is -0.113. The molecule has 27 heavy (non-hydrogen) atoms. The molecule has 1 amide bonds. The van der Waals surface area contributed by atoms with Crippen LogP contribution in [0.25, 0.3) is 0 Å². The number of carbonyl (C=O) groups is 1. The summed E-state index contributed by atoms with van der Waals surface area (Å²) in [7, 11) is -0.581. The molecule has 2 aromatic rings. The van der Waals surface area contributed by atoms with Crippen LogP contribution in [0.1, 0.15) is 26.3 Å². The predicted octanol–water partition coefficient (Wildman–Crippen LogP) is 3.97. The first-order valence-electron chi connectivity index (χ1n) is 8.56. The SMILES string of the molecule is CN(C)S(=O)(=O)c1cccc(NC(=O)CSc2ccc(C(C)(C)C)cc2)c1. The van der Waals surface area contributed by atoms with E-state index in [4.69, 9.17) is 0 Å². The average molecular weight is 407 g/mol. The Hall–Kier alpha value is -1.83. The van der Waals surface area contributed by atoms with Gasteiger partial charge in [-0.25, -0.2) is 12.7 Å². The van der Waals surface area contributed by atoms with Gasteiger partial charge in [0.1, 0.15) is 0 Å². The fourth-order valence-electron chi connectivity index (χ4n) is 2.34. The highest BCUT2D eigenvalue weighted by molar-refractivity contribution is 8.00. The summed E-state index contributed by atoms with van der Waals surface area (Å²) in [4.78, 5) is 13.4. The molecule has 0 radical (unpaired) electrons. The van der Waals surface area contributed by atoms with Crippen molar-refractivity contribution in [2.75, 3.05) is 25.2 Å². The Morgan fingerprint density at radius 3 is 2.26 bits per heavy atom. The van der Waals surface area contributed by atoms with E-state index >= 15 is 0 Å². The van der Waals surface area contributed by atoms with E-state index in [1.54, 1.807) is 12.1 Å². The van der Waals surface area contributed by atoms with Gasteiger partial charge in [0.05, 0.1) is 10.6 Å². The number of nitrogens with zero attached hydrogens (tertiary/aromatic N) is 1. The smallest absolute Gasteiger partial charge is 0.242 e. The number of nitrogens with one attached hydrogen (secondary N) is 1. The monoisotopic (exact) mass is 406 g/mol. The van der Waals surface area contributed by atoms with Crippen LogP contribution in [0.2, 0.25) is 0 Å². The molecule has 2 aromatic carbocycles. The third-order valence-electron chi connectivity index (χ3n) is 3.99. The van der Waals surface area contributed by atoms with Crippen LogP contribution in [0.3, 0.4) is 0 Å². The average Bonchev–Trinajstić information content (AvgIpc) is 2.59. The van der Waals surface area contributed by atoms with Crippen LogP contribution < -0.4 is 5.32 Å². The molecule has 0 saturated carbocycles. The Balaban J connectivity index is 1.98. The van der Waals surface area contributed by atoms with Gasteiger partial charge in [-0.3, -0.25) is 4.79 Å². The minimum atomic E-state index is -3.53. The fraction of sp³-hybridized carbons (Fsp3) is 0.350. The van der Waals surface area contributed by atoms with Crippen molar-refractivity contribution in [2.45, 2.75) is 36.0 Å². The van der Waals surface area contributed by atoms with Crippen molar-refractivity contribution >= 4 is 33.4 Å². The first-order chi connectivity index (χ1) is 12.5. The molecule has 7 heteroatoms. The zero-order chi connectivity index (χ0) is 20.2. The maximum Gasteiger partial charge on any atom is 0.242 e. The fourth-order valence-corrected chi connectivity index (χ4v) is 3.99. The topological polar surface area (TPSA) is 66.5 Å². The first kappa shape index (κ1) is 21.5. The Morgan fingerprint density at radius 2 is 1.70 bits per heavy atom. The molecule has 2 rings (SSSR count). The van der Waals surface area contributed by atoms with E-state index < -0.39 is 10.0 Å². The number of hydrogen-bond acceptors (Lipinski definition) is 4. The zero-order valence-corrected chi connectivity index (χ0v) is 17.9. The highest BCUT2D eigenvalue weighted by atomic mass is 32.2. The molecule has 146 valence electrons. The van der Waals surface area contributed by atoms with Gasteiger partial charge in [-0.2, -0.15) is 0 Å². The second-order valence-electron chi connectivity index (χ2n) is 7.43. The Bertz CT molecular complexity index is 900. The molecule has 0 atom stereocenters. The second kappa shape index (κ2) is 8.46. The van der Waals surface area contributed by atoms with Crippen LogP contribution in [0, 0.1) is 0 Å². The van der Waals surface area contributed by atoms with Crippen LogP contribution in [-0.2, 0) is 20.2 Å². The molecule has 0 spiro atoms. The van der Waals surface area contributed by atoms with Gasteiger partial charge in [0.25, 0.3) is 0 Å². The van der Waals surface area contributed by atoms with Gasteiger partial charge in [-0.15, -0.1) is 11.8 Å². The highest BCUT2D eigenvalue weighted by Gasteiger charge is 2.17. The van der Waals surface area contributed by atoms with Crippen molar-refractivity contribution in [1.29, 1.82) is 0 Å². The molecule has 0 aliphatic rings. The summed E-state index contributed by atoms with van der Waals surface area (Å²) in [5, 5.41) is 2.76. The molecule has 0 heterocycles. The largest absolute Gasteiger partial charge is 0.325 e. The van der Waals surface area contributed by atoms with E-state index in [1.165, 1.54) is 43.6 Å². The first-order valence-corrected chi connectivity index (χ1v) is 11.0. The molecule has 0 saturated heterocycles. The summed E-state index contributed by atoms with van der Waals surface area (Å²) in [5.74, 6) is 0.0683. The molecular formula is C20H26N2O3S2. The second-order valence-corrected chi connectivity index (χ2v) is 10.6. The van der Waals surface area contributed by atoms with Crippen molar-refractivity contribution < 1.29 is 13.2 Å². The summed E-state index contributed by atoms with van der Waals surface area (Å²) in [5.41, 5.74) is 1.81. The van der Waals surface area contributed by atoms with Crippen LogP contribution in [0.4, 0.5) is 5.69 Å². The molecule has 0 aromatic heterocycles. The Morgan fingerprint density at radius 1 is 1.07 bits per heavy atom. The quantitative estimate of drug-likeness (QED) is 0.737. The highest BCUT2D eigenvalue weighted by Crippen LogP contribution is 2.26. The molecular weight excluding hydrogens is 380 g/mol. The summed E-state index contributed by atoms with van der Waals surface area (Å²) in [6, 6.07) is 14.5. The van der Waals surface area contributed by atoms with Gasteiger partial charge >= 0.3 is 0 Å². The van der Waals surface area contributed by atoms with E-state index in [-0.39, 0.29) is 22.0 Å². The van der Waals surface area contributed by atoms with E-state index in [0.717, 1.165) is 9.20 Å². The lowest BCUT2D eigenvalue weighted by Crippen LogP contribution is -2.22. The van der Waals surface area contributed by atoms with E-state index in [9.17, 15) is 13.2 Å². The predicted molar refractivity (Wildman–Crippen MR) is 112 cm³/mol. The van der Waals surface area contributed by atoms with E-state index in [0.29, 0.717) is 5.69 Å². The Kier molecular flexibility index (Phi) is 6.72. The minimum absolute atomic E-state index is 0.0957. The molecule has 1 N–H and O–H groups in total. The summed E-state index contributed by atoms with van der Waals surface area (Å²) in [6.45, 7) is 6.48. The van der Waals surface area contributed by atoms with Gasteiger partial charge in [0.2, 0.25) is 15.9 Å². The van der Waals surface area contributed by atoms with Crippen LogP contribution in [-0.4, -0.2) is 38.5 Å². The van der Waals surface area contributed by atoms with Crippen LogP contribution in [0.5, 0.6) is 0 Å². The van der Waals surface area contributed by atoms with Crippen molar-refractivity contribution in [2.24, 2.45) is 0 Å². The van der Waals surface area contributed by atoms with Gasteiger partial charge in [-0.05, 0) is 41.3 Å². The normalized spacial score (nSPS) is 12.2. The lowest BCUT2D eigenvalue weighted by atomic mass is 9.87. The molecule has 0 unspecified atom stereocenters. The third kappa shape index (κ3) is 5.82. The van der Waals surface area contributed by atoms with Crippen molar-refractivity contribution in [3.63, 3.8) is 0 Å². The lowest BCUT2D eigenvalue weighted by Gasteiger charge is -2.19. The maximum absolute atomic E-state index is 12.2. The number of amides is 1. The van der Waals surface area contributed by atoms with Gasteiger partial charge in [0, 0.05) is 24.7 Å². The van der Waals surface area contributed by atoms with Crippen molar-refractivity contribution in [1.82, 2.24) is 4.31 Å². The number of carbonyl (C=O) groups excluding carboxylic acids is 1. The Labute approximate surface area is 166 Å². The van der Waals surface area contributed by atoms with Crippen LogP contribution in [0.15, 0.2) is 58.3 Å². The zero-order valence-electron chi connectivity index (χ0n) is 16.3. The van der Waals surface area contributed by atoms with Crippen molar-refractivity contribution in [3.8, 4) is 0 Å². The van der Waals surface area contributed by atoms with Gasteiger partial charge in [0.15, 0.2) is 0 Å². The molecule has 0 aliphatic heterocycles. The van der Waals surface area contributed by atoms with Gasteiger partial charge in [-0.1, -0.05) is 39.0 Å². The number of hydrogen-bond donors (Lipinski definition) is 1. The molecule has 0 bridgehead atoms. The summed E-state index contributed by atoms with van der Waals surface area (Å²) < 4.78 is 25.5. The third-order valence-corrected chi connectivity index (χ3v) is 6.81. The van der Waals surface area contributed by atoms with E-state index in [2.05, 4.69) is 38.2 Å². The molecule has 0 aliphatic carbocycles. The number of benzene rings is 2. The van der Waals surface area contributed by atoms with Crippen LogP contribution >= 0.6 is 11.8 Å². The van der Waals surface area contributed by atoms with E-state index in [1.807, 2.05) is 12.1 Å².